The maximum absolute atomic E-state index is 13.3. The van der Waals surface area contributed by atoms with Gasteiger partial charge in [-0.2, -0.15) is 13.2 Å². The number of nitrogens with zero attached hydrogens (tertiary/aromatic N) is 6. The summed E-state index contributed by atoms with van der Waals surface area (Å²) >= 11 is 0. The molecule has 2 N–H and O–H groups in total. The van der Waals surface area contributed by atoms with Gasteiger partial charge in [0.2, 0.25) is 5.88 Å². The monoisotopic (exact) mass is 469 g/mol. The summed E-state index contributed by atoms with van der Waals surface area (Å²) in [5.41, 5.74) is 7.54. The van der Waals surface area contributed by atoms with E-state index in [-0.39, 0.29) is 17.2 Å². The molecule has 1 fully saturated rings. The fourth-order valence-corrected chi connectivity index (χ4v) is 4.02. The molecule has 0 amide bonds. The SMILES string of the molecule is COc1ccc(-n2c(-c3ccc(N4CCC(N)CC4)cn3)nc3cc(C(F)(F)F)cnc32)cn1. The highest BCUT2D eigenvalue weighted by Crippen LogP contribution is 2.33. The van der Waals surface area contributed by atoms with Crippen LogP contribution in [0.25, 0.3) is 28.4 Å². The van der Waals surface area contributed by atoms with Crippen molar-refractivity contribution in [2.24, 2.45) is 5.73 Å². The van der Waals surface area contributed by atoms with Crippen molar-refractivity contribution < 1.29 is 17.9 Å². The first-order valence-electron chi connectivity index (χ1n) is 10.8. The Labute approximate surface area is 193 Å². The average molecular weight is 469 g/mol. The maximum Gasteiger partial charge on any atom is 0.417 e. The Bertz CT molecular complexity index is 1300. The van der Waals surface area contributed by atoms with Crippen LogP contribution in [0.5, 0.6) is 5.88 Å². The summed E-state index contributed by atoms with van der Waals surface area (Å²) in [7, 11) is 1.50. The summed E-state index contributed by atoms with van der Waals surface area (Å²) in [6, 6.07) is 8.35. The molecule has 1 aliphatic heterocycles. The van der Waals surface area contributed by atoms with E-state index in [9.17, 15) is 13.2 Å². The Morgan fingerprint density at radius 3 is 2.32 bits per heavy atom. The van der Waals surface area contributed by atoms with Crippen molar-refractivity contribution in [2.45, 2.75) is 25.1 Å². The molecule has 0 atom stereocenters. The zero-order valence-corrected chi connectivity index (χ0v) is 18.3. The first kappa shape index (κ1) is 22.1. The maximum atomic E-state index is 13.3. The van der Waals surface area contributed by atoms with E-state index in [0.29, 0.717) is 23.1 Å². The Morgan fingerprint density at radius 1 is 0.971 bits per heavy atom. The van der Waals surface area contributed by atoms with E-state index in [0.717, 1.165) is 43.9 Å². The number of aromatic nitrogens is 5. The summed E-state index contributed by atoms with van der Waals surface area (Å²) in [6.45, 7) is 1.70. The number of piperidine rings is 1. The van der Waals surface area contributed by atoms with Crippen molar-refractivity contribution in [3.8, 4) is 23.1 Å². The van der Waals surface area contributed by atoms with Crippen molar-refractivity contribution in [1.82, 2.24) is 24.5 Å². The second-order valence-electron chi connectivity index (χ2n) is 8.12. The summed E-state index contributed by atoms with van der Waals surface area (Å²) in [4.78, 5) is 19.6. The van der Waals surface area contributed by atoms with Gasteiger partial charge in [0, 0.05) is 31.4 Å². The molecule has 0 spiro atoms. The molecule has 176 valence electrons. The third-order valence-electron chi connectivity index (χ3n) is 5.89. The molecule has 5 rings (SSSR count). The minimum Gasteiger partial charge on any atom is -0.481 e. The molecule has 1 saturated heterocycles. The van der Waals surface area contributed by atoms with E-state index < -0.39 is 11.7 Å². The molecular weight excluding hydrogens is 447 g/mol. The highest BCUT2D eigenvalue weighted by Gasteiger charge is 2.32. The molecule has 34 heavy (non-hydrogen) atoms. The van der Waals surface area contributed by atoms with Crippen molar-refractivity contribution >= 4 is 16.9 Å². The summed E-state index contributed by atoms with van der Waals surface area (Å²) in [5, 5.41) is 0. The van der Waals surface area contributed by atoms with Crippen LogP contribution in [-0.4, -0.2) is 50.7 Å². The van der Waals surface area contributed by atoms with Gasteiger partial charge < -0.3 is 15.4 Å². The third kappa shape index (κ3) is 4.14. The fraction of sp³-hybridized carbons (Fsp3) is 0.304. The largest absolute Gasteiger partial charge is 0.481 e. The minimum absolute atomic E-state index is 0.108. The highest BCUT2D eigenvalue weighted by atomic mass is 19.4. The van der Waals surface area contributed by atoms with Crippen LogP contribution in [0.1, 0.15) is 18.4 Å². The van der Waals surface area contributed by atoms with Gasteiger partial charge in [0.05, 0.1) is 36.4 Å². The van der Waals surface area contributed by atoms with Gasteiger partial charge in [-0.05, 0) is 37.1 Å². The number of ether oxygens (including phenoxy) is 1. The average Bonchev–Trinajstić information content (AvgIpc) is 3.23. The number of hydrogen-bond donors (Lipinski definition) is 1. The van der Waals surface area contributed by atoms with Crippen LogP contribution in [0.3, 0.4) is 0 Å². The third-order valence-corrected chi connectivity index (χ3v) is 5.89. The molecule has 11 heteroatoms. The number of alkyl halides is 3. The smallest absolute Gasteiger partial charge is 0.417 e. The lowest BCUT2D eigenvalue weighted by molar-refractivity contribution is -0.137. The fourth-order valence-electron chi connectivity index (χ4n) is 4.02. The molecule has 4 aromatic rings. The van der Waals surface area contributed by atoms with Crippen LogP contribution in [0, 0.1) is 0 Å². The lowest BCUT2D eigenvalue weighted by atomic mass is 10.1. The van der Waals surface area contributed by atoms with Gasteiger partial charge in [-0.15, -0.1) is 0 Å². The molecule has 8 nitrogen and oxygen atoms in total. The van der Waals surface area contributed by atoms with E-state index in [2.05, 4.69) is 24.8 Å². The predicted molar refractivity (Wildman–Crippen MR) is 121 cm³/mol. The number of methoxy groups -OCH3 is 1. The minimum atomic E-state index is -4.52. The Morgan fingerprint density at radius 2 is 1.71 bits per heavy atom. The number of halogens is 3. The van der Waals surface area contributed by atoms with E-state index >= 15 is 0 Å². The summed E-state index contributed by atoms with van der Waals surface area (Å²) in [6.07, 6.45) is 1.40. The van der Waals surface area contributed by atoms with Crippen LogP contribution in [0.15, 0.2) is 48.9 Å². The summed E-state index contributed by atoms with van der Waals surface area (Å²) in [5.74, 6) is 0.770. The normalized spacial score (nSPS) is 15.1. The number of imidazole rings is 1. The quantitative estimate of drug-likeness (QED) is 0.485. The molecule has 5 heterocycles. The molecule has 0 unspecified atom stereocenters. The van der Waals surface area contributed by atoms with Gasteiger partial charge in [0.1, 0.15) is 11.2 Å². The van der Waals surface area contributed by atoms with E-state index in [1.807, 2.05) is 12.1 Å². The molecular formula is C23H22F3N7O. The molecule has 4 aromatic heterocycles. The zero-order valence-electron chi connectivity index (χ0n) is 18.3. The Balaban J connectivity index is 1.60. The van der Waals surface area contributed by atoms with Gasteiger partial charge in [0.25, 0.3) is 0 Å². The number of rotatable bonds is 4. The van der Waals surface area contributed by atoms with Crippen LogP contribution in [-0.2, 0) is 6.18 Å². The van der Waals surface area contributed by atoms with Gasteiger partial charge in [-0.25, -0.2) is 15.0 Å². The van der Waals surface area contributed by atoms with Gasteiger partial charge in [0.15, 0.2) is 11.5 Å². The lowest BCUT2D eigenvalue weighted by Crippen LogP contribution is -2.39. The van der Waals surface area contributed by atoms with Crippen molar-refractivity contribution in [3.63, 3.8) is 0 Å². The van der Waals surface area contributed by atoms with Crippen molar-refractivity contribution in [1.29, 1.82) is 0 Å². The van der Waals surface area contributed by atoms with Crippen molar-refractivity contribution in [3.05, 3.63) is 54.5 Å². The number of anilines is 1. The first-order chi connectivity index (χ1) is 16.3. The summed E-state index contributed by atoms with van der Waals surface area (Å²) < 4.78 is 46.6. The van der Waals surface area contributed by atoms with Crippen LogP contribution >= 0.6 is 0 Å². The number of nitrogens with two attached hydrogens (primary N) is 1. The molecule has 0 aromatic carbocycles. The van der Waals surface area contributed by atoms with E-state index in [1.54, 1.807) is 29.1 Å². The zero-order chi connectivity index (χ0) is 23.9. The Hall–Kier alpha value is -3.73. The number of fused-ring (bicyclic) bond motifs is 1. The standard InChI is InChI=1S/C23H22F3N7O/c1-34-20-5-3-17(13-29-20)33-21-19(10-14(11-30-21)23(24,25)26)31-22(33)18-4-2-16(12-28-18)32-8-6-15(27)7-9-32/h2-5,10-13,15H,6-9,27H2,1H3. The van der Waals surface area contributed by atoms with E-state index in [1.165, 1.54) is 7.11 Å². The number of pyridine rings is 3. The number of hydrogen-bond acceptors (Lipinski definition) is 7. The van der Waals surface area contributed by atoms with Crippen LogP contribution < -0.4 is 15.4 Å². The topological polar surface area (TPSA) is 95.0 Å². The second-order valence-corrected chi connectivity index (χ2v) is 8.12. The van der Waals surface area contributed by atoms with E-state index in [4.69, 9.17) is 10.5 Å². The first-order valence-corrected chi connectivity index (χ1v) is 10.8. The van der Waals surface area contributed by atoms with Crippen LogP contribution in [0.2, 0.25) is 0 Å². The lowest BCUT2D eigenvalue weighted by Gasteiger charge is -2.31. The highest BCUT2D eigenvalue weighted by molar-refractivity contribution is 5.80. The molecule has 1 aliphatic rings. The molecule has 0 aliphatic carbocycles. The molecule has 0 bridgehead atoms. The Kier molecular flexibility index (Phi) is 5.56. The molecule has 0 radical (unpaired) electrons. The van der Waals surface area contributed by atoms with Gasteiger partial charge in [-0.1, -0.05) is 0 Å². The molecule has 0 saturated carbocycles. The van der Waals surface area contributed by atoms with Crippen molar-refractivity contribution in [2.75, 3.05) is 25.1 Å². The van der Waals surface area contributed by atoms with Gasteiger partial charge in [-0.3, -0.25) is 9.55 Å². The van der Waals surface area contributed by atoms with Crippen LogP contribution in [0.4, 0.5) is 18.9 Å². The predicted octanol–water partition coefficient (Wildman–Crippen LogP) is 3.83. The van der Waals surface area contributed by atoms with Gasteiger partial charge >= 0.3 is 6.18 Å². The second kappa shape index (κ2) is 8.56.